The molecule has 126 valence electrons. The van der Waals surface area contributed by atoms with E-state index in [0.717, 1.165) is 6.42 Å². The van der Waals surface area contributed by atoms with Gasteiger partial charge in [-0.25, -0.2) is 0 Å². The predicted molar refractivity (Wildman–Crippen MR) is 101 cm³/mol. The molecule has 4 heteroatoms. The van der Waals surface area contributed by atoms with E-state index in [1.54, 1.807) is 0 Å². The molecule has 0 heterocycles. The zero-order valence-electron chi connectivity index (χ0n) is 16.1. The highest BCUT2D eigenvalue weighted by molar-refractivity contribution is 6.87. The average molecular weight is 331 g/mol. The summed E-state index contributed by atoms with van der Waals surface area (Å²) in [6.45, 7) is 23.5. The molecule has 0 fully saturated rings. The molecule has 0 aliphatic heterocycles. The molecular formula is C17H38O2Si2. The second kappa shape index (κ2) is 8.52. The molecule has 0 aliphatic carbocycles. The van der Waals surface area contributed by atoms with Crippen LogP contribution in [0.3, 0.4) is 0 Å². The smallest absolute Gasteiger partial charge is 0.178 e. The van der Waals surface area contributed by atoms with Crippen LogP contribution in [0.4, 0.5) is 0 Å². The van der Waals surface area contributed by atoms with E-state index in [1.807, 2.05) is 0 Å². The minimum atomic E-state index is -1.59. The number of rotatable bonds is 4. The van der Waals surface area contributed by atoms with E-state index in [9.17, 15) is 0 Å². The van der Waals surface area contributed by atoms with Crippen LogP contribution >= 0.6 is 0 Å². The number of terminal acetylenes is 1. The summed E-state index contributed by atoms with van der Waals surface area (Å²) < 4.78 is 6.63. The van der Waals surface area contributed by atoms with Gasteiger partial charge >= 0.3 is 0 Å². The molecule has 0 aromatic rings. The quantitative estimate of drug-likeness (QED) is 0.424. The van der Waals surface area contributed by atoms with Crippen molar-refractivity contribution in [2.75, 3.05) is 6.61 Å². The summed E-state index contributed by atoms with van der Waals surface area (Å²) in [6.07, 6.45) is 6.28. The second-order valence-corrected chi connectivity index (χ2v) is 18.5. The number of hydrogen-bond donors (Lipinski definition) is 1. The molecular weight excluding hydrogens is 292 g/mol. The molecule has 0 saturated carbocycles. The summed E-state index contributed by atoms with van der Waals surface area (Å²) in [6, 6.07) is 0. The van der Waals surface area contributed by atoms with Gasteiger partial charge in [0.05, 0.1) is 0 Å². The Hall–Kier alpha value is -0.0862. The third-order valence-electron chi connectivity index (χ3n) is 4.60. The summed E-state index contributed by atoms with van der Waals surface area (Å²) in [4.78, 5) is 0. The van der Waals surface area contributed by atoms with Gasteiger partial charge in [0.1, 0.15) is 0 Å². The molecule has 0 unspecified atom stereocenters. The van der Waals surface area contributed by atoms with E-state index >= 15 is 0 Å². The van der Waals surface area contributed by atoms with E-state index in [1.165, 1.54) is 0 Å². The first-order chi connectivity index (χ1) is 9.12. The Bertz CT molecular complexity index is 304. The van der Waals surface area contributed by atoms with Crippen molar-refractivity contribution < 1.29 is 9.22 Å². The largest absolute Gasteiger partial charge is 0.455 e. The van der Waals surface area contributed by atoms with Gasteiger partial charge < -0.3 is 9.22 Å². The number of unbranched alkanes of at least 4 members (excludes halogenated alkanes) is 1. The minimum absolute atomic E-state index is 0.212. The summed E-state index contributed by atoms with van der Waals surface area (Å²) in [5.41, 5.74) is 0. The molecule has 2 nitrogen and oxygen atoms in total. The molecule has 0 aromatic carbocycles. The zero-order valence-corrected chi connectivity index (χ0v) is 18.1. The van der Waals surface area contributed by atoms with Crippen LogP contribution in [-0.4, -0.2) is 28.3 Å². The maximum atomic E-state index is 8.10. The van der Waals surface area contributed by atoms with E-state index in [4.69, 9.17) is 15.6 Å². The van der Waals surface area contributed by atoms with Gasteiger partial charge in [-0.15, -0.1) is 12.3 Å². The Balaban J connectivity index is 0. The highest BCUT2D eigenvalue weighted by atomic mass is 28.4. The third-order valence-corrected chi connectivity index (χ3v) is 15.9. The summed E-state index contributed by atoms with van der Waals surface area (Å²) in [5, 5.41) is 8.75. The first kappa shape index (κ1) is 23.2. The van der Waals surface area contributed by atoms with Crippen molar-refractivity contribution in [3.05, 3.63) is 0 Å². The zero-order chi connectivity index (χ0) is 17.5. The number of aliphatic hydroxyl groups excluding tert-OH is 1. The lowest BCUT2D eigenvalue weighted by Crippen LogP contribution is -2.53. The Morgan fingerprint density at radius 2 is 1.24 bits per heavy atom. The van der Waals surface area contributed by atoms with Gasteiger partial charge in [0, 0.05) is 13.0 Å². The third kappa shape index (κ3) is 8.82. The fourth-order valence-corrected chi connectivity index (χ4v) is 8.68. The molecule has 0 atom stereocenters. The van der Waals surface area contributed by atoms with Crippen molar-refractivity contribution in [2.24, 2.45) is 0 Å². The maximum Gasteiger partial charge on any atom is 0.178 e. The molecule has 0 aromatic heterocycles. The Morgan fingerprint density at radius 3 is 1.38 bits per heavy atom. The Morgan fingerprint density at radius 1 is 0.905 bits per heavy atom. The first-order valence-corrected chi connectivity index (χ1v) is 13.7. The van der Waals surface area contributed by atoms with Crippen molar-refractivity contribution in [3.63, 3.8) is 0 Å². The van der Waals surface area contributed by atoms with E-state index in [-0.39, 0.29) is 6.61 Å². The maximum absolute atomic E-state index is 8.10. The van der Waals surface area contributed by atoms with Gasteiger partial charge in [0.2, 0.25) is 0 Å². The fourth-order valence-electron chi connectivity index (χ4n) is 1.13. The van der Waals surface area contributed by atoms with Crippen LogP contribution in [0, 0.1) is 12.3 Å². The van der Waals surface area contributed by atoms with Gasteiger partial charge in [-0.05, 0) is 42.7 Å². The molecule has 0 amide bonds. The molecule has 0 saturated heterocycles. The van der Waals surface area contributed by atoms with Crippen LogP contribution in [0.1, 0.15) is 54.4 Å². The topological polar surface area (TPSA) is 29.5 Å². The fraction of sp³-hybridized carbons (Fsp3) is 0.882. The van der Waals surface area contributed by atoms with Crippen LogP contribution in [0.15, 0.2) is 0 Å². The average Bonchev–Trinajstić information content (AvgIpc) is 2.22. The first-order valence-electron chi connectivity index (χ1n) is 7.87. The normalized spacial score (nSPS) is 13.2. The lowest BCUT2D eigenvalue weighted by atomic mass is 10.2. The van der Waals surface area contributed by atoms with Crippen molar-refractivity contribution >= 4 is 16.6 Å². The Labute approximate surface area is 135 Å². The van der Waals surface area contributed by atoms with Crippen LogP contribution in [0.25, 0.3) is 0 Å². The van der Waals surface area contributed by atoms with Gasteiger partial charge in [-0.2, -0.15) is 0 Å². The van der Waals surface area contributed by atoms with Crippen molar-refractivity contribution in [1.82, 2.24) is 0 Å². The minimum Gasteiger partial charge on any atom is -0.455 e. The molecule has 1 N–H and O–H groups in total. The van der Waals surface area contributed by atoms with E-state index in [2.05, 4.69) is 73.7 Å². The van der Waals surface area contributed by atoms with Crippen LogP contribution < -0.4 is 0 Å². The second-order valence-electron chi connectivity index (χ2n) is 8.65. The van der Waals surface area contributed by atoms with Crippen molar-refractivity contribution in [3.8, 4) is 12.3 Å². The Kier molecular flexibility index (Phi) is 9.41. The lowest BCUT2D eigenvalue weighted by Gasteiger charge is -2.47. The summed E-state index contributed by atoms with van der Waals surface area (Å²) >= 11 is 0. The van der Waals surface area contributed by atoms with Gasteiger partial charge in [0.15, 0.2) is 16.6 Å². The molecule has 21 heavy (non-hydrogen) atoms. The molecule has 0 aliphatic rings. The monoisotopic (exact) mass is 330 g/mol. The van der Waals surface area contributed by atoms with Crippen molar-refractivity contribution in [2.45, 2.75) is 90.6 Å². The van der Waals surface area contributed by atoms with Crippen LogP contribution in [-0.2, 0) is 4.12 Å². The van der Waals surface area contributed by atoms with Gasteiger partial charge in [-0.3, -0.25) is 0 Å². The van der Waals surface area contributed by atoms with E-state index < -0.39 is 16.6 Å². The summed E-state index contributed by atoms with van der Waals surface area (Å²) in [7, 11) is -3.18. The highest BCUT2D eigenvalue weighted by Crippen LogP contribution is 2.44. The number of hydrogen-bond acceptors (Lipinski definition) is 2. The molecule has 0 radical (unpaired) electrons. The van der Waals surface area contributed by atoms with E-state index in [0.29, 0.717) is 16.5 Å². The SMILES string of the molecule is C#CCCCO.CC(C)(C)[Si](C)(C)O[Si](C)(C)C(C)(C)C. The van der Waals surface area contributed by atoms with Gasteiger partial charge in [0.25, 0.3) is 0 Å². The van der Waals surface area contributed by atoms with Crippen LogP contribution in [0.2, 0.25) is 36.3 Å². The van der Waals surface area contributed by atoms with Crippen LogP contribution in [0.5, 0.6) is 0 Å². The van der Waals surface area contributed by atoms with Crippen molar-refractivity contribution in [1.29, 1.82) is 0 Å². The standard InChI is InChI=1S/C12H30OSi2.C5H8O/c1-11(2,3)14(7,8)13-15(9,10)12(4,5)6;1-2-3-4-5-6/h1-10H3;1,6H,3-5H2. The van der Waals surface area contributed by atoms with Gasteiger partial charge in [-0.1, -0.05) is 41.5 Å². The summed E-state index contributed by atoms with van der Waals surface area (Å²) in [5.74, 6) is 2.41. The molecule has 0 bridgehead atoms. The predicted octanol–water partition coefficient (Wildman–Crippen LogP) is 5.41. The molecule has 0 rings (SSSR count). The molecule has 0 spiro atoms. The highest BCUT2D eigenvalue weighted by Gasteiger charge is 2.46. The lowest BCUT2D eigenvalue weighted by molar-refractivity contribution is 0.290. The number of aliphatic hydroxyl groups is 1.